The number of aryl methyl sites for hydroxylation is 1. The number of nitrogens with zero attached hydrogens (tertiary/aromatic N) is 1. The van der Waals surface area contributed by atoms with E-state index in [9.17, 15) is 4.79 Å². The van der Waals surface area contributed by atoms with Gasteiger partial charge in [-0.25, -0.2) is 0 Å². The molecular formula is C9H15N3O2S. The Hall–Kier alpha value is -1.01. The standard InChI is InChI=1S/C9H15N3O2S/c1-6(10)4-15-5-8(13)11-9-3-7(2)12-14-9/h3,6H,4-5,10H2,1-2H3,(H,11,13). The van der Waals surface area contributed by atoms with Crippen LogP contribution < -0.4 is 11.1 Å². The van der Waals surface area contributed by atoms with E-state index in [0.717, 1.165) is 11.4 Å². The summed E-state index contributed by atoms with van der Waals surface area (Å²) < 4.78 is 4.85. The first-order chi connectivity index (χ1) is 7.08. The van der Waals surface area contributed by atoms with E-state index in [-0.39, 0.29) is 11.9 Å². The number of nitrogens with one attached hydrogen (secondary N) is 1. The van der Waals surface area contributed by atoms with Crippen molar-refractivity contribution < 1.29 is 9.32 Å². The third-order valence-electron chi connectivity index (χ3n) is 1.50. The van der Waals surface area contributed by atoms with Crippen LogP contribution in [0.15, 0.2) is 10.6 Å². The van der Waals surface area contributed by atoms with Crippen molar-refractivity contribution in [2.45, 2.75) is 19.9 Å². The molecule has 1 aromatic rings. The maximum absolute atomic E-state index is 11.3. The number of hydrogen-bond donors (Lipinski definition) is 2. The zero-order valence-electron chi connectivity index (χ0n) is 8.82. The zero-order chi connectivity index (χ0) is 11.3. The summed E-state index contributed by atoms with van der Waals surface area (Å²) in [5, 5.41) is 6.27. The van der Waals surface area contributed by atoms with E-state index in [0.29, 0.717) is 11.6 Å². The molecule has 15 heavy (non-hydrogen) atoms. The molecule has 1 atom stereocenters. The van der Waals surface area contributed by atoms with E-state index in [2.05, 4.69) is 10.5 Å². The van der Waals surface area contributed by atoms with Crippen LogP contribution in [0.4, 0.5) is 5.88 Å². The lowest BCUT2D eigenvalue weighted by molar-refractivity contribution is -0.113. The molecular weight excluding hydrogens is 214 g/mol. The molecule has 0 bridgehead atoms. The van der Waals surface area contributed by atoms with Gasteiger partial charge in [0.15, 0.2) is 0 Å². The molecule has 0 saturated heterocycles. The van der Waals surface area contributed by atoms with E-state index in [1.165, 1.54) is 11.8 Å². The van der Waals surface area contributed by atoms with Gasteiger partial charge in [-0.1, -0.05) is 5.16 Å². The highest BCUT2D eigenvalue weighted by Crippen LogP contribution is 2.09. The first-order valence-electron chi connectivity index (χ1n) is 4.64. The fourth-order valence-corrected chi connectivity index (χ4v) is 1.68. The minimum atomic E-state index is -0.100. The molecule has 1 rings (SSSR count). The monoisotopic (exact) mass is 229 g/mol. The van der Waals surface area contributed by atoms with Gasteiger partial charge in [-0.2, -0.15) is 11.8 Å². The lowest BCUT2D eigenvalue weighted by Gasteiger charge is -2.03. The van der Waals surface area contributed by atoms with Crippen molar-refractivity contribution >= 4 is 23.6 Å². The van der Waals surface area contributed by atoms with E-state index < -0.39 is 0 Å². The summed E-state index contributed by atoms with van der Waals surface area (Å²) in [6, 6.07) is 1.78. The van der Waals surface area contributed by atoms with Crippen LogP contribution >= 0.6 is 11.8 Å². The fourth-order valence-electron chi connectivity index (χ4n) is 0.934. The number of aromatic nitrogens is 1. The molecule has 1 heterocycles. The highest BCUT2D eigenvalue weighted by Gasteiger charge is 2.06. The van der Waals surface area contributed by atoms with Crippen molar-refractivity contribution in [3.05, 3.63) is 11.8 Å². The minimum Gasteiger partial charge on any atom is -0.338 e. The van der Waals surface area contributed by atoms with Crippen molar-refractivity contribution in [1.82, 2.24) is 5.16 Å². The van der Waals surface area contributed by atoms with Gasteiger partial charge in [-0.15, -0.1) is 0 Å². The smallest absolute Gasteiger partial charge is 0.236 e. The zero-order valence-corrected chi connectivity index (χ0v) is 9.63. The Morgan fingerprint density at radius 2 is 2.53 bits per heavy atom. The first-order valence-corrected chi connectivity index (χ1v) is 5.80. The molecule has 84 valence electrons. The second kappa shape index (κ2) is 5.77. The summed E-state index contributed by atoms with van der Waals surface area (Å²) in [6.07, 6.45) is 0. The van der Waals surface area contributed by atoms with Gasteiger partial charge < -0.3 is 10.3 Å². The van der Waals surface area contributed by atoms with Crippen LogP contribution in [0.3, 0.4) is 0 Å². The number of nitrogens with two attached hydrogens (primary N) is 1. The summed E-state index contributed by atoms with van der Waals surface area (Å²) in [5.74, 6) is 1.43. The Morgan fingerprint density at radius 3 is 3.07 bits per heavy atom. The van der Waals surface area contributed by atoms with E-state index >= 15 is 0 Å². The predicted octanol–water partition coefficient (Wildman–Crippen LogP) is 1.00. The third-order valence-corrected chi connectivity index (χ3v) is 2.73. The Bertz CT molecular complexity index is 325. The molecule has 0 fully saturated rings. The van der Waals surface area contributed by atoms with Crippen molar-refractivity contribution in [2.75, 3.05) is 16.8 Å². The number of carbonyl (C=O) groups excluding carboxylic acids is 1. The molecule has 1 unspecified atom stereocenters. The average molecular weight is 229 g/mol. The molecule has 1 aromatic heterocycles. The maximum Gasteiger partial charge on any atom is 0.236 e. The topological polar surface area (TPSA) is 81.2 Å². The highest BCUT2D eigenvalue weighted by molar-refractivity contribution is 8.00. The first kappa shape index (κ1) is 12.1. The summed E-state index contributed by atoms with van der Waals surface area (Å²) in [7, 11) is 0. The molecule has 0 radical (unpaired) electrons. The lowest BCUT2D eigenvalue weighted by atomic mass is 10.4. The van der Waals surface area contributed by atoms with Gasteiger partial charge in [0.2, 0.25) is 11.8 Å². The maximum atomic E-state index is 11.3. The molecule has 5 nitrogen and oxygen atoms in total. The number of carbonyl (C=O) groups is 1. The predicted molar refractivity (Wildman–Crippen MR) is 60.8 cm³/mol. The van der Waals surface area contributed by atoms with Crippen molar-refractivity contribution in [1.29, 1.82) is 0 Å². The summed E-state index contributed by atoms with van der Waals surface area (Å²) >= 11 is 1.50. The van der Waals surface area contributed by atoms with E-state index in [1.807, 2.05) is 6.92 Å². The quantitative estimate of drug-likeness (QED) is 0.787. The van der Waals surface area contributed by atoms with Gasteiger partial charge in [0.25, 0.3) is 0 Å². The molecule has 0 saturated carbocycles. The summed E-state index contributed by atoms with van der Waals surface area (Å²) in [4.78, 5) is 11.3. The van der Waals surface area contributed by atoms with Crippen LogP contribution in [-0.4, -0.2) is 28.6 Å². The SMILES string of the molecule is Cc1cc(NC(=O)CSCC(C)N)on1. The fraction of sp³-hybridized carbons (Fsp3) is 0.556. The average Bonchev–Trinajstić information content (AvgIpc) is 2.50. The van der Waals surface area contributed by atoms with Crippen LogP contribution in [-0.2, 0) is 4.79 Å². The van der Waals surface area contributed by atoms with Crippen LogP contribution in [0.1, 0.15) is 12.6 Å². The largest absolute Gasteiger partial charge is 0.338 e. The minimum absolute atomic E-state index is 0.100. The molecule has 1 amide bonds. The van der Waals surface area contributed by atoms with E-state index in [1.54, 1.807) is 13.0 Å². The second-order valence-corrected chi connectivity index (χ2v) is 4.40. The Morgan fingerprint density at radius 1 is 1.80 bits per heavy atom. The second-order valence-electron chi connectivity index (χ2n) is 3.37. The van der Waals surface area contributed by atoms with E-state index in [4.69, 9.17) is 10.3 Å². The van der Waals surface area contributed by atoms with Gasteiger partial charge in [0.05, 0.1) is 11.4 Å². The van der Waals surface area contributed by atoms with Gasteiger partial charge in [-0.05, 0) is 13.8 Å². The number of anilines is 1. The molecule has 0 aliphatic carbocycles. The van der Waals surface area contributed by atoms with Gasteiger partial charge in [0, 0.05) is 17.9 Å². The summed E-state index contributed by atoms with van der Waals surface area (Å²) in [6.45, 7) is 3.70. The molecule has 0 aliphatic heterocycles. The number of rotatable bonds is 5. The van der Waals surface area contributed by atoms with Crippen LogP contribution in [0.5, 0.6) is 0 Å². The third kappa shape index (κ3) is 4.85. The molecule has 0 aliphatic rings. The van der Waals surface area contributed by atoms with Gasteiger partial charge in [-0.3, -0.25) is 10.1 Å². The normalized spacial score (nSPS) is 12.5. The Kier molecular flexibility index (Phi) is 4.64. The molecule has 6 heteroatoms. The highest BCUT2D eigenvalue weighted by atomic mass is 32.2. The summed E-state index contributed by atoms with van der Waals surface area (Å²) in [5.41, 5.74) is 6.30. The number of thioether (sulfide) groups is 1. The Labute approximate surface area is 92.8 Å². The Balaban J connectivity index is 2.24. The van der Waals surface area contributed by atoms with Crippen molar-refractivity contribution in [2.24, 2.45) is 5.73 Å². The van der Waals surface area contributed by atoms with Crippen LogP contribution in [0.2, 0.25) is 0 Å². The van der Waals surface area contributed by atoms with Gasteiger partial charge >= 0.3 is 0 Å². The van der Waals surface area contributed by atoms with Crippen molar-refractivity contribution in [3.8, 4) is 0 Å². The molecule has 0 aromatic carbocycles. The van der Waals surface area contributed by atoms with Gasteiger partial charge in [0.1, 0.15) is 0 Å². The lowest BCUT2D eigenvalue weighted by Crippen LogP contribution is -2.20. The molecule has 3 N–H and O–H groups in total. The van der Waals surface area contributed by atoms with Crippen molar-refractivity contribution in [3.63, 3.8) is 0 Å². The van der Waals surface area contributed by atoms with Crippen LogP contribution in [0, 0.1) is 6.92 Å². The molecule has 0 spiro atoms. The number of hydrogen-bond acceptors (Lipinski definition) is 5. The number of amides is 1. The van der Waals surface area contributed by atoms with Crippen LogP contribution in [0.25, 0.3) is 0 Å².